The Morgan fingerprint density at radius 1 is 1.20 bits per heavy atom. The van der Waals surface area contributed by atoms with E-state index in [1.165, 1.54) is 17.5 Å². The molecule has 1 aromatic rings. The highest BCUT2D eigenvalue weighted by molar-refractivity contribution is 5.31. The van der Waals surface area contributed by atoms with Crippen LogP contribution in [0.2, 0.25) is 0 Å². The van der Waals surface area contributed by atoms with Crippen molar-refractivity contribution in [2.75, 3.05) is 19.8 Å². The summed E-state index contributed by atoms with van der Waals surface area (Å²) in [6, 6.07) is 8.73. The summed E-state index contributed by atoms with van der Waals surface area (Å²) < 4.78 is 5.25. The van der Waals surface area contributed by atoms with E-state index in [-0.39, 0.29) is 0 Å². The number of hydrogen-bond donors (Lipinski definition) is 1. The monoisotopic (exact) mass is 205 g/mol. The Morgan fingerprint density at radius 2 is 2.00 bits per heavy atom. The maximum Gasteiger partial charge on any atom is 0.0557 e. The molecule has 0 bridgehead atoms. The van der Waals surface area contributed by atoms with Gasteiger partial charge in [0.25, 0.3) is 0 Å². The van der Waals surface area contributed by atoms with Crippen LogP contribution in [0.3, 0.4) is 0 Å². The van der Waals surface area contributed by atoms with Crippen LogP contribution in [0.5, 0.6) is 0 Å². The summed E-state index contributed by atoms with van der Waals surface area (Å²) in [6.45, 7) is 2.59. The zero-order valence-electron chi connectivity index (χ0n) is 9.11. The average molecular weight is 205 g/mol. The number of unbranched alkanes of at least 4 members (excludes halogenated alkanes) is 1. The molecule has 1 fully saturated rings. The lowest BCUT2D eigenvalue weighted by Crippen LogP contribution is -2.26. The van der Waals surface area contributed by atoms with Gasteiger partial charge in [0.2, 0.25) is 0 Å². The van der Waals surface area contributed by atoms with Crippen LogP contribution in [0.1, 0.15) is 29.9 Å². The summed E-state index contributed by atoms with van der Waals surface area (Å²) >= 11 is 0. The average Bonchev–Trinajstić information content (AvgIpc) is 2.18. The van der Waals surface area contributed by atoms with Crippen LogP contribution in [-0.4, -0.2) is 19.8 Å². The molecule has 1 heterocycles. The van der Waals surface area contributed by atoms with E-state index in [0.29, 0.717) is 5.92 Å². The molecule has 1 aliphatic rings. The van der Waals surface area contributed by atoms with Gasteiger partial charge in [-0.15, -0.1) is 0 Å². The van der Waals surface area contributed by atoms with E-state index in [9.17, 15) is 0 Å². The molecular weight excluding hydrogens is 186 g/mol. The normalized spacial score (nSPS) is 16.3. The number of aryl methyl sites for hydroxylation is 1. The molecule has 0 aliphatic carbocycles. The van der Waals surface area contributed by atoms with Gasteiger partial charge < -0.3 is 10.5 Å². The minimum Gasteiger partial charge on any atom is -0.380 e. The fourth-order valence-corrected chi connectivity index (χ4v) is 2.04. The zero-order valence-corrected chi connectivity index (χ0v) is 9.11. The SMILES string of the molecule is NCCCCc1ccccc1C1COC1. The van der Waals surface area contributed by atoms with E-state index >= 15 is 0 Å². The molecule has 0 unspecified atom stereocenters. The molecule has 0 atom stereocenters. The summed E-state index contributed by atoms with van der Waals surface area (Å²) in [5, 5.41) is 0. The molecule has 2 N–H and O–H groups in total. The molecule has 2 nitrogen and oxygen atoms in total. The van der Waals surface area contributed by atoms with Crippen LogP contribution in [0.15, 0.2) is 24.3 Å². The molecule has 0 saturated carbocycles. The van der Waals surface area contributed by atoms with Gasteiger partial charge in [-0.05, 0) is 36.9 Å². The van der Waals surface area contributed by atoms with Gasteiger partial charge in [-0.3, -0.25) is 0 Å². The lowest BCUT2D eigenvalue weighted by Gasteiger charge is -2.28. The second-order valence-corrected chi connectivity index (χ2v) is 4.18. The second-order valence-electron chi connectivity index (χ2n) is 4.18. The first-order chi connectivity index (χ1) is 7.42. The lowest BCUT2D eigenvalue weighted by atomic mass is 9.90. The predicted octanol–water partition coefficient (Wildman–Crippen LogP) is 2.08. The van der Waals surface area contributed by atoms with Crippen molar-refractivity contribution in [2.24, 2.45) is 5.73 Å². The van der Waals surface area contributed by atoms with Crippen LogP contribution in [-0.2, 0) is 11.2 Å². The number of hydrogen-bond acceptors (Lipinski definition) is 2. The Hall–Kier alpha value is -0.860. The molecule has 2 rings (SSSR count). The highest BCUT2D eigenvalue weighted by Crippen LogP contribution is 2.27. The molecule has 15 heavy (non-hydrogen) atoms. The molecule has 0 amide bonds. The van der Waals surface area contributed by atoms with Crippen LogP contribution in [0.25, 0.3) is 0 Å². The summed E-state index contributed by atoms with van der Waals surface area (Å²) in [5.41, 5.74) is 8.48. The Balaban J connectivity index is 2.01. The van der Waals surface area contributed by atoms with E-state index in [1.807, 2.05) is 0 Å². The van der Waals surface area contributed by atoms with Crippen LogP contribution in [0.4, 0.5) is 0 Å². The maximum absolute atomic E-state index is 5.51. The third-order valence-electron chi connectivity index (χ3n) is 3.03. The smallest absolute Gasteiger partial charge is 0.0557 e. The van der Waals surface area contributed by atoms with Crippen molar-refractivity contribution < 1.29 is 4.74 Å². The first-order valence-corrected chi connectivity index (χ1v) is 5.77. The molecule has 0 spiro atoms. The van der Waals surface area contributed by atoms with Gasteiger partial charge in [0.05, 0.1) is 13.2 Å². The fraction of sp³-hybridized carbons (Fsp3) is 0.538. The number of ether oxygens (including phenoxy) is 1. The third-order valence-corrected chi connectivity index (χ3v) is 3.03. The first kappa shape index (κ1) is 10.7. The van der Waals surface area contributed by atoms with E-state index in [4.69, 9.17) is 10.5 Å². The van der Waals surface area contributed by atoms with E-state index < -0.39 is 0 Å². The molecule has 2 heteroatoms. The minimum absolute atomic E-state index is 0.638. The molecule has 0 aromatic heterocycles. The van der Waals surface area contributed by atoms with Gasteiger partial charge in [0.15, 0.2) is 0 Å². The number of nitrogens with two attached hydrogens (primary N) is 1. The van der Waals surface area contributed by atoms with Crippen LogP contribution < -0.4 is 5.73 Å². The third kappa shape index (κ3) is 2.58. The molecule has 1 aliphatic heterocycles. The summed E-state index contributed by atoms with van der Waals surface area (Å²) in [7, 11) is 0. The highest BCUT2D eigenvalue weighted by atomic mass is 16.5. The van der Waals surface area contributed by atoms with Gasteiger partial charge >= 0.3 is 0 Å². The van der Waals surface area contributed by atoms with Crippen molar-refractivity contribution in [3.05, 3.63) is 35.4 Å². The molecule has 1 saturated heterocycles. The Kier molecular flexibility index (Phi) is 3.75. The van der Waals surface area contributed by atoms with E-state index in [2.05, 4.69) is 24.3 Å². The summed E-state index contributed by atoms with van der Waals surface area (Å²) in [6.07, 6.45) is 3.47. The zero-order chi connectivity index (χ0) is 10.5. The molecular formula is C13H19NO. The van der Waals surface area contributed by atoms with E-state index in [1.54, 1.807) is 0 Å². The highest BCUT2D eigenvalue weighted by Gasteiger charge is 2.22. The molecule has 0 radical (unpaired) electrons. The predicted molar refractivity (Wildman–Crippen MR) is 62.0 cm³/mol. The lowest BCUT2D eigenvalue weighted by molar-refractivity contribution is 0.00807. The van der Waals surface area contributed by atoms with E-state index in [0.717, 1.165) is 32.6 Å². The second kappa shape index (κ2) is 5.29. The van der Waals surface area contributed by atoms with Gasteiger partial charge in [0.1, 0.15) is 0 Å². The van der Waals surface area contributed by atoms with Gasteiger partial charge in [0, 0.05) is 5.92 Å². The van der Waals surface area contributed by atoms with Crippen LogP contribution in [0, 0.1) is 0 Å². The largest absolute Gasteiger partial charge is 0.380 e. The maximum atomic E-state index is 5.51. The minimum atomic E-state index is 0.638. The van der Waals surface area contributed by atoms with Crippen molar-refractivity contribution in [2.45, 2.75) is 25.2 Å². The van der Waals surface area contributed by atoms with Crippen molar-refractivity contribution in [1.29, 1.82) is 0 Å². The Morgan fingerprint density at radius 3 is 2.67 bits per heavy atom. The van der Waals surface area contributed by atoms with Gasteiger partial charge in [-0.25, -0.2) is 0 Å². The first-order valence-electron chi connectivity index (χ1n) is 5.77. The van der Waals surface area contributed by atoms with Crippen molar-refractivity contribution in [3.8, 4) is 0 Å². The van der Waals surface area contributed by atoms with Gasteiger partial charge in [-0.2, -0.15) is 0 Å². The van der Waals surface area contributed by atoms with Crippen LogP contribution >= 0.6 is 0 Å². The topological polar surface area (TPSA) is 35.2 Å². The standard InChI is InChI=1S/C13H19NO/c14-8-4-3-6-11-5-1-2-7-13(11)12-9-15-10-12/h1-2,5,7,12H,3-4,6,8-10,14H2. The number of benzene rings is 1. The fourth-order valence-electron chi connectivity index (χ4n) is 2.04. The quantitative estimate of drug-likeness (QED) is 0.747. The van der Waals surface area contributed by atoms with Gasteiger partial charge in [-0.1, -0.05) is 24.3 Å². The van der Waals surface area contributed by atoms with Crippen molar-refractivity contribution >= 4 is 0 Å². The summed E-state index contributed by atoms with van der Waals surface area (Å²) in [4.78, 5) is 0. The Labute approximate surface area is 91.4 Å². The summed E-state index contributed by atoms with van der Waals surface area (Å²) in [5.74, 6) is 0.638. The number of rotatable bonds is 5. The van der Waals surface area contributed by atoms with Crippen molar-refractivity contribution in [3.63, 3.8) is 0 Å². The Bertz CT molecular complexity index is 307. The van der Waals surface area contributed by atoms with Crippen molar-refractivity contribution in [1.82, 2.24) is 0 Å². The molecule has 82 valence electrons. The molecule has 1 aromatic carbocycles.